The van der Waals surface area contributed by atoms with Gasteiger partial charge in [0.05, 0.1) is 10.7 Å². The Labute approximate surface area is 141 Å². The first-order valence-corrected chi connectivity index (χ1v) is 8.25. The second-order valence-electron chi connectivity index (χ2n) is 5.68. The lowest BCUT2D eigenvalue weighted by atomic mass is 9.89. The Balaban J connectivity index is 1.55. The number of aromatic nitrogens is 1. The van der Waals surface area contributed by atoms with E-state index in [9.17, 15) is 0 Å². The van der Waals surface area contributed by atoms with Crippen molar-refractivity contribution in [3.8, 4) is 0 Å². The minimum Gasteiger partial charge on any atom is -0.316 e. The van der Waals surface area contributed by atoms with Crippen molar-refractivity contribution in [3.63, 3.8) is 0 Å². The van der Waals surface area contributed by atoms with Gasteiger partial charge in [-0.15, -0.1) is 0 Å². The number of halogens is 2. The quantitative estimate of drug-likeness (QED) is 0.878. The lowest BCUT2D eigenvalue weighted by Gasteiger charge is -2.19. The van der Waals surface area contributed by atoms with Gasteiger partial charge < -0.3 is 10.6 Å². The average Bonchev–Trinajstić information content (AvgIpc) is 2.98. The summed E-state index contributed by atoms with van der Waals surface area (Å²) in [4.78, 5) is 4.30. The summed E-state index contributed by atoms with van der Waals surface area (Å²) < 4.78 is 0. The highest BCUT2D eigenvalue weighted by atomic mass is 35.5. The van der Waals surface area contributed by atoms with Gasteiger partial charge in [-0.25, -0.2) is 0 Å². The smallest absolute Gasteiger partial charge is 0.0589 e. The summed E-state index contributed by atoms with van der Waals surface area (Å²) in [6, 6.07) is 12.0. The molecule has 22 heavy (non-hydrogen) atoms. The largest absolute Gasteiger partial charge is 0.316 e. The predicted octanol–water partition coefficient (Wildman–Crippen LogP) is 3.48. The van der Waals surface area contributed by atoms with Crippen molar-refractivity contribution in [2.24, 2.45) is 5.92 Å². The van der Waals surface area contributed by atoms with Crippen LogP contribution < -0.4 is 10.6 Å². The Hall–Kier alpha value is -1.13. The molecule has 0 bridgehead atoms. The number of nitrogens with one attached hydrogen (secondary N) is 2. The third kappa shape index (κ3) is 3.99. The first-order valence-electron chi connectivity index (χ1n) is 7.50. The molecule has 5 heteroatoms. The molecule has 116 valence electrons. The maximum atomic E-state index is 5.97. The van der Waals surface area contributed by atoms with Crippen molar-refractivity contribution in [1.82, 2.24) is 15.6 Å². The number of hydrogen-bond donors (Lipinski definition) is 2. The monoisotopic (exact) mass is 335 g/mol. The van der Waals surface area contributed by atoms with E-state index in [2.05, 4.69) is 27.8 Å². The van der Waals surface area contributed by atoms with E-state index in [1.54, 1.807) is 6.20 Å². The molecule has 0 radical (unpaired) electrons. The fraction of sp³-hybridized carbons (Fsp3) is 0.353. The number of pyridine rings is 1. The Morgan fingerprint density at radius 3 is 2.55 bits per heavy atom. The van der Waals surface area contributed by atoms with Crippen LogP contribution in [0, 0.1) is 5.92 Å². The molecule has 0 spiro atoms. The van der Waals surface area contributed by atoms with Gasteiger partial charge in [0.2, 0.25) is 0 Å². The van der Waals surface area contributed by atoms with E-state index in [1.165, 1.54) is 5.56 Å². The van der Waals surface area contributed by atoms with E-state index in [0.29, 0.717) is 16.9 Å². The van der Waals surface area contributed by atoms with Crippen LogP contribution in [0.4, 0.5) is 0 Å². The highest BCUT2D eigenvalue weighted by Crippen LogP contribution is 2.28. The summed E-state index contributed by atoms with van der Waals surface area (Å²) >= 11 is 11.8. The van der Waals surface area contributed by atoms with Gasteiger partial charge in [0.15, 0.2) is 0 Å². The van der Waals surface area contributed by atoms with Crippen LogP contribution in [-0.2, 0) is 6.54 Å². The Morgan fingerprint density at radius 1 is 1.05 bits per heavy atom. The molecule has 0 saturated carbocycles. The third-order valence-electron chi connectivity index (χ3n) is 4.14. The van der Waals surface area contributed by atoms with Crippen molar-refractivity contribution >= 4 is 23.2 Å². The first kappa shape index (κ1) is 15.8. The summed E-state index contributed by atoms with van der Waals surface area (Å²) in [5.41, 5.74) is 2.37. The summed E-state index contributed by atoms with van der Waals surface area (Å²) in [6.45, 7) is 3.78. The van der Waals surface area contributed by atoms with Crippen LogP contribution in [0.1, 0.15) is 17.2 Å². The third-order valence-corrected chi connectivity index (χ3v) is 4.61. The summed E-state index contributed by atoms with van der Waals surface area (Å²) in [6.07, 6.45) is 1.69. The fourth-order valence-electron chi connectivity index (χ4n) is 2.94. The second kappa shape index (κ2) is 7.42. The molecule has 3 rings (SSSR count). The highest BCUT2D eigenvalue weighted by molar-refractivity contribution is 6.30. The molecular weight excluding hydrogens is 317 g/mol. The van der Waals surface area contributed by atoms with Gasteiger partial charge in [-0.1, -0.05) is 35.3 Å². The lowest BCUT2D eigenvalue weighted by Crippen LogP contribution is -2.27. The molecular formula is C17H19Cl2N3. The highest BCUT2D eigenvalue weighted by Gasteiger charge is 2.27. The Kier molecular flexibility index (Phi) is 5.32. The summed E-state index contributed by atoms with van der Waals surface area (Å²) in [7, 11) is 0. The summed E-state index contributed by atoms with van der Waals surface area (Å²) in [5, 5.41) is 8.45. The van der Waals surface area contributed by atoms with Crippen LogP contribution in [0.5, 0.6) is 0 Å². The molecule has 2 N–H and O–H groups in total. The number of rotatable bonds is 5. The van der Waals surface area contributed by atoms with E-state index in [4.69, 9.17) is 23.2 Å². The molecule has 1 aliphatic rings. The van der Waals surface area contributed by atoms with Gasteiger partial charge in [-0.05, 0) is 42.3 Å². The average molecular weight is 336 g/mol. The van der Waals surface area contributed by atoms with Crippen molar-refractivity contribution in [1.29, 1.82) is 0 Å². The van der Waals surface area contributed by atoms with Gasteiger partial charge in [-0.3, -0.25) is 4.98 Å². The van der Waals surface area contributed by atoms with Crippen LogP contribution in [0.15, 0.2) is 42.6 Å². The van der Waals surface area contributed by atoms with E-state index >= 15 is 0 Å². The minimum atomic E-state index is 0.531. The molecule has 1 fully saturated rings. The molecule has 0 aliphatic carbocycles. The fourth-order valence-corrected chi connectivity index (χ4v) is 3.18. The molecule has 1 aliphatic heterocycles. The van der Waals surface area contributed by atoms with Gasteiger partial charge in [0.25, 0.3) is 0 Å². The molecule has 2 heterocycles. The van der Waals surface area contributed by atoms with E-state index < -0.39 is 0 Å². The molecule has 2 aromatic rings. The zero-order valence-corrected chi connectivity index (χ0v) is 13.7. The van der Waals surface area contributed by atoms with Gasteiger partial charge in [0.1, 0.15) is 0 Å². The zero-order valence-electron chi connectivity index (χ0n) is 12.2. The zero-order chi connectivity index (χ0) is 15.4. The normalized spacial score (nSPS) is 21.2. The number of benzene rings is 1. The van der Waals surface area contributed by atoms with E-state index in [0.717, 1.165) is 36.9 Å². The summed E-state index contributed by atoms with van der Waals surface area (Å²) in [5.74, 6) is 1.11. The SMILES string of the molecule is Clc1ccc([C@H]2CNC[C@@H]2CNCc2ccc(Cl)cn2)cc1. The maximum Gasteiger partial charge on any atom is 0.0589 e. The molecule has 0 amide bonds. The van der Waals surface area contributed by atoms with E-state index in [-0.39, 0.29) is 0 Å². The van der Waals surface area contributed by atoms with Gasteiger partial charge in [0, 0.05) is 36.8 Å². The van der Waals surface area contributed by atoms with E-state index in [1.807, 2.05) is 24.3 Å². The van der Waals surface area contributed by atoms with Crippen LogP contribution >= 0.6 is 23.2 Å². The van der Waals surface area contributed by atoms with Crippen LogP contribution in [-0.4, -0.2) is 24.6 Å². The Morgan fingerprint density at radius 2 is 1.82 bits per heavy atom. The predicted molar refractivity (Wildman–Crippen MR) is 91.5 cm³/mol. The topological polar surface area (TPSA) is 37.0 Å². The Bertz CT molecular complexity index is 598. The van der Waals surface area contributed by atoms with Crippen LogP contribution in [0.2, 0.25) is 10.0 Å². The minimum absolute atomic E-state index is 0.531. The molecule has 1 aromatic heterocycles. The second-order valence-corrected chi connectivity index (χ2v) is 6.55. The van der Waals surface area contributed by atoms with Crippen LogP contribution in [0.25, 0.3) is 0 Å². The van der Waals surface area contributed by atoms with Crippen LogP contribution in [0.3, 0.4) is 0 Å². The molecule has 3 nitrogen and oxygen atoms in total. The molecule has 1 aromatic carbocycles. The molecule has 2 atom stereocenters. The van der Waals surface area contributed by atoms with Gasteiger partial charge >= 0.3 is 0 Å². The molecule has 0 unspecified atom stereocenters. The standard InChI is InChI=1S/C17H19Cl2N3/c18-14-3-1-12(2-4-14)17-11-21-8-13(17)7-20-10-16-6-5-15(19)9-22-16/h1-6,9,13,17,20-21H,7-8,10-11H2/t13-,17+/m0/s1. The van der Waals surface area contributed by atoms with Crippen molar-refractivity contribution in [3.05, 3.63) is 63.9 Å². The lowest BCUT2D eigenvalue weighted by molar-refractivity contribution is 0.468. The van der Waals surface area contributed by atoms with Crippen molar-refractivity contribution in [2.75, 3.05) is 19.6 Å². The molecule has 1 saturated heterocycles. The van der Waals surface area contributed by atoms with Crippen molar-refractivity contribution < 1.29 is 0 Å². The van der Waals surface area contributed by atoms with Gasteiger partial charge in [-0.2, -0.15) is 0 Å². The van der Waals surface area contributed by atoms with Crippen molar-refractivity contribution in [2.45, 2.75) is 12.5 Å². The number of hydrogen-bond acceptors (Lipinski definition) is 3. The number of nitrogens with zero attached hydrogens (tertiary/aromatic N) is 1. The maximum absolute atomic E-state index is 5.97. The first-order chi connectivity index (χ1) is 10.7.